The average Bonchev–Trinajstić information content (AvgIpc) is 2.47. The fraction of sp³-hybridized carbons (Fsp3) is 0.294. The first-order valence-corrected chi connectivity index (χ1v) is 7.58. The van der Waals surface area contributed by atoms with E-state index < -0.39 is 0 Å². The molecule has 0 bridgehead atoms. The number of hydrogen-bond donors (Lipinski definition) is 2. The van der Waals surface area contributed by atoms with Crippen LogP contribution in [0.15, 0.2) is 46.9 Å². The molecule has 0 spiro atoms. The van der Waals surface area contributed by atoms with Crippen LogP contribution in [0.2, 0.25) is 0 Å². The van der Waals surface area contributed by atoms with Gasteiger partial charge in [-0.3, -0.25) is 0 Å². The van der Waals surface area contributed by atoms with Crippen LogP contribution in [0.25, 0.3) is 0 Å². The summed E-state index contributed by atoms with van der Waals surface area (Å²) in [5, 5.41) is 13.4. The number of aromatic hydroxyl groups is 1. The van der Waals surface area contributed by atoms with Gasteiger partial charge in [0.1, 0.15) is 11.5 Å². The van der Waals surface area contributed by atoms with Crippen LogP contribution >= 0.6 is 15.9 Å². The van der Waals surface area contributed by atoms with Crippen LogP contribution in [0.3, 0.4) is 0 Å². The third-order valence-corrected chi connectivity index (χ3v) is 4.10. The van der Waals surface area contributed by atoms with Crippen molar-refractivity contribution in [3.63, 3.8) is 0 Å². The number of hydrogen-bond acceptors (Lipinski definition) is 3. The van der Waals surface area contributed by atoms with E-state index in [1.807, 2.05) is 18.2 Å². The lowest BCUT2D eigenvalue weighted by Gasteiger charge is -2.27. The van der Waals surface area contributed by atoms with Crippen molar-refractivity contribution in [3.8, 4) is 11.5 Å². The summed E-state index contributed by atoms with van der Waals surface area (Å²) in [5.74, 6) is 1.01. The van der Waals surface area contributed by atoms with Crippen molar-refractivity contribution < 1.29 is 9.84 Å². The first-order valence-electron chi connectivity index (χ1n) is 6.79. The highest BCUT2D eigenvalue weighted by Gasteiger charge is 2.20. The molecule has 0 radical (unpaired) electrons. The Morgan fingerprint density at radius 3 is 2.43 bits per heavy atom. The molecule has 2 aromatic carbocycles. The summed E-state index contributed by atoms with van der Waals surface area (Å²) in [7, 11) is 1.62. The van der Waals surface area contributed by atoms with Crippen molar-refractivity contribution in [2.45, 2.75) is 25.9 Å². The smallest absolute Gasteiger partial charge is 0.120 e. The number of benzene rings is 2. The Hall–Kier alpha value is -1.52. The topological polar surface area (TPSA) is 41.5 Å². The molecule has 0 aliphatic heterocycles. The maximum absolute atomic E-state index is 9.93. The van der Waals surface area contributed by atoms with Crippen molar-refractivity contribution in [3.05, 3.63) is 58.1 Å². The minimum absolute atomic E-state index is 0.198. The van der Waals surface area contributed by atoms with Gasteiger partial charge in [-0.1, -0.05) is 28.1 Å². The molecule has 4 heteroatoms. The zero-order chi connectivity index (χ0) is 15.5. The lowest BCUT2D eigenvalue weighted by atomic mass is 9.94. The molecule has 0 amide bonds. The molecule has 0 saturated heterocycles. The van der Waals surface area contributed by atoms with E-state index in [2.05, 4.69) is 47.2 Å². The van der Waals surface area contributed by atoms with Gasteiger partial charge in [0.2, 0.25) is 0 Å². The minimum atomic E-state index is -0.198. The summed E-state index contributed by atoms with van der Waals surface area (Å²) in [6.45, 7) is 4.80. The second-order valence-electron chi connectivity index (χ2n) is 5.48. The molecule has 2 N–H and O–H groups in total. The maximum atomic E-state index is 9.93. The Morgan fingerprint density at radius 1 is 1.14 bits per heavy atom. The molecule has 0 unspecified atom stereocenters. The molecule has 0 aromatic heterocycles. The van der Waals surface area contributed by atoms with E-state index >= 15 is 0 Å². The molecule has 0 atom stereocenters. The third-order valence-electron chi connectivity index (χ3n) is 3.57. The summed E-state index contributed by atoms with van der Waals surface area (Å²) in [5.41, 5.74) is 1.81. The second kappa shape index (κ2) is 6.50. The van der Waals surface area contributed by atoms with Crippen molar-refractivity contribution in [1.29, 1.82) is 0 Å². The van der Waals surface area contributed by atoms with Crippen molar-refractivity contribution >= 4 is 15.9 Å². The molecule has 0 aliphatic carbocycles. The summed E-state index contributed by atoms with van der Waals surface area (Å²) in [6, 6.07) is 13.5. The first-order chi connectivity index (χ1) is 9.92. The Bertz CT molecular complexity index is 609. The third kappa shape index (κ3) is 3.99. The molecular weight excluding hydrogens is 330 g/mol. The number of methoxy groups -OCH3 is 1. The molecule has 21 heavy (non-hydrogen) atoms. The molecule has 0 fully saturated rings. The van der Waals surface area contributed by atoms with Crippen LogP contribution in [0.4, 0.5) is 0 Å². The Morgan fingerprint density at radius 2 is 1.81 bits per heavy atom. The van der Waals surface area contributed by atoms with E-state index in [-0.39, 0.29) is 11.3 Å². The van der Waals surface area contributed by atoms with Crippen LogP contribution in [0, 0.1) is 0 Å². The first kappa shape index (κ1) is 15.9. The average molecular weight is 350 g/mol. The molecule has 0 saturated carbocycles. The molecule has 112 valence electrons. The van der Waals surface area contributed by atoms with Crippen LogP contribution in [0.5, 0.6) is 11.5 Å². The van der Waals surface area contributed by atoms with Gasteiger partial charge in [0.25, 0.3) is 0 Å². The number of nitrogens with one attached hydrogen (secondary N) is 1. The molecule has 2 aromatic rings. The summed E-state index contributed by atoms with van der Waals surface area (Å²) in [6.07, 6.45) is 0. The largest absolute Gasteiger partial charge is 0.508 e. The van der Waals surface area contributed by atoms with E-state index in [0.717, 1.165) is 15.8 Å². The van der Waals surface area contributed by atoms with Gasteiger partial charge in [-0.25, -0.2) is 0 Å². The summed E-state index contributed by atoms with van der Waals surface area (Å²) in [4.78, 5) is 0. The predicted molar refractivity (Wildman–Crippen MR) is 88.7 cm³/mol. The number of rotatable bonds is 5. The molecule has 2 rings (SSSR count). The van der Waals surface area contributed by atoms with Crippen LogP contribution in [-0.4, -0.2) is 12.2 Å². The summed E-state index contributed by atoms with van der Waals surface area (Å²) < 4.78 is 6.26. The van der Waals surface area contributed by atoms with Gasteiger partial charge in [-0.2, -0.15) is 0 Å². The van der Waals surface area contributed by atoms with Gasteiger partial charge in [0, 0.05) is 22.1 Å². The fourth-order valence-corrected chi connectivity index (χ4v) is 2.38. The Kier molecular flexibility index (Phi) is 4.91. The van der Waals surface area contributed by atoms with Crippen molar-refractivity contribution in [1.82, 2.24) is 5.32 Å². The number of phenolic OH excluding ortho intramolecular Hbond substituents is 1. The molecule has 3 nitrogen and oxygen atoms in total. The fourth-order valence-electron chi connectivity index (χ4n) is 2.12. The van der Waals surface area contributed by atoms with Gasteiger partial charge in [0.15, 0.2) is 0 Å². The highest BCUT2D eigenvalue weighted by atomic mass is 79.9. The lowest BCUT2D eigenvalue weighted by Crippen LogP contribution is -2.35. The normalized spacial score (nSPS) is 11.4. The number of ether oxygens (including phenoxy) is 1. The zero-order valence-electron chi connectivity index (χ0n) is 12.5. The van der Waals surface area contributed by atoms with Gasteiger partial charge < -0.3 is 15.2 Å². The van der Waals surface area contributed by atoms with E-state index in [1.54, 1.807) is 19.2 Å². The zero-order valence-corrected chi connectivity index (χ0v) is 14.1. The van der Waals surface area contributed by atoms with Gasteiger partial charge in [-0.05, 0) is 49.7 Å². The van der Waals surface area contributed by atoms with Gasteiger partial charge >= 0.3 is 0 Å². The standard InChI is InChI=1S/C17H20BrNO2/c1-17(2,13-4-6-14(18)7-5-13)19-11-12-10-15(21-3)8-9-16(12)20/h4-10,19-20H,11H2,1-3H3. The Balaban J connectivity index is 2.12. The van der Waals surface area contributed by atoms with E-state index in [4.69, 9.17) is 4.74 Å². The number of halogens is 1. The van der Waals surface area contributed by atoms with Crippen LogP contribution in [-0.2, 0) is 12.1 Å². The van der Waals surface area contributed by atoms with Crippen molar-refractivity contribution in [2.24, 2.45) is 0 Å². The summed E-state index contributed by atoms with van der Waals surface area (Å²) >= 11 is 3.45. The van der Waals surface area contributed by atoms with E-state index in [0.29, 0.717) is 6.54 Å². The molecule has 0 aliphatic rings. The molecule has 0 heterocycles. The predicted octanol–water partition coefficient (Wildman–Crippen LogP) is 4.19. The minimum Gasteiger partial charge on any atom is -0.508 e. The monoisotopic (exact) mass is 349 g/mol. The Labute approximate surface area is 134 Å². The van der Waals surface area contributed by atoms with Gasteiger partial charge in [0.05, 0.1) is 7.11 Å². The van der Waals surface area contributed by atoms with Gasteiger partial charge in [-0.15, -0.1) is 0 Å². The van der Waals surface area contributed by atoms with E-state index in [1.165, 1.54) is 5.56 Å². The number of phenols is 1. The maximum Gasteiger partial charge on any atom is 0.120 e. The quantitative estimate of drug-likeness (QED) is 0.850. The molecular formula is C17H20BrNO2. The SMILES string of the molecule is COc1ccc(O)c(CNC(C)(C)c2ccc(Br)cc2)c1. The second-order valence-corrected chi connectivity index (χ2v) is 6.40. The van der Waals surface area contributed by atoms with E-state index in [9.17, 15) is 5.11 Å². The van der Waals surface area contributed by atoms with Crippen molar-refractivity contribution in [2.75, 3.05) is 7.11 Å². The van der Waals surface area contributed by atoms with Crippen LogP contribution < -0.4 is 10.1 Å². The van der Waals surface area contributed by atoms with Crippen LogP contribution in [0.1, 0.15) is 25.0 Å². The highest BCUT2D eigenvalue weighted by molar-refractivity contribution is 9.10. The highest BCUT2D eigenvalue weighted by Crippen LogP contribution is 2.26. The lowest BCUT2D eigenvalue weighted by molar-refractivity contribution is 0.387.